The van der Waals surface area contributed by atoms with Crippen LogP contribution in [0.25, 0.3) is 5.69 Å². The van der Waals surface area contributed by atoms with Crippen molar-refractivity contribution in [3.05, 3.63) is 71.8 Å². The number of hydrogen-bond acceptors (Lipinski definition) is 4. The van der Waals surface area contributed by atoms with Crippen LogP contribution in [0.2, 0.25) is 0 Å². The molecule has 7 heteroatoms. The first-order valence-electron chi connectivity index (χ1n) is 8.41. The number of benzene rings is 2. The molecule has 0 aliphatic heterocycles. The summed E-state index contributed by atoms with van der Waals surface area (Å²) in [6.45, 7) is 0.494. The third-order valence-corrected chi connectivity index (χ3v) is 4.74. The zero-order chi connectivity index (χ0) is 19.2. The quantitative estimate of drug-likeness (QED) is 0.630. The number of rotatable bonds is 7. The molecular formula is C20H20FN3O2S. The molecule has 3 rings (SSSR count). The number of amides is 1. The van der Waals surface area contributed by atoms with Gasteiger partial charge in [0.05, 0.1) is 13.3 Å². The van der Waals surface area contributed by atoms with Gasteiger partial charge in [-0.2, -0.15) is 0 Å². The summed E-state index contributed by atoms with van der Waals surface area (Å²) in [5, 5.41) is 3.59. The Morgan fingerprint density at radius 2 is 1.89 bits per heavy atom. The zero-order valence-electron chi connectivity index (χ0n) is 15.1. The van der Waals surface area contributed by atoms with E-state index in [1.54, 1.807) is 23.8 Å². The third kappa shape index (κ3) is 4.49. The second-order valence-electron chi connectivity index (χ2n) is 5.80. The maximum Gasteiger partial charge on any atom is 0.269 e. The molecule has 0 saturated carbocycles. The van der Waals surface area contributed by atoms with Crippen molar-refractivity contribution in [1.29, 1.82) is 0 Å². The van der Waals surface area contributed by atoms with Crippen LogP contribution >= 0.6 is 11.8 Å². The highest BCUT2D eigenvalue weighted by atomic mass is 32.2. The van der Waals surface area contributed by atoms with Gasteiger partial charge in [0.15, 0.2) is 5.16 Å². The summed E-state index contributed by atoms with van der Waals surface area (Å²) >= 11 is 1.42. The summed E-state index contributed by atoms with van der Waals surface area (Å²) in [5.41, 5.74) is 2.21. The monoisotopic (exact) mass is 385 g/mol. The second kappa shape index (κ2) is 8.73. The molecule has 0 radical (unpaired) electrons. The fraction of sp³-hybridized carbons (Fsp3) is 0.200. The largest absolute Gasteiger partial charge is 0.497 e. The molecule has 27 heavy (non-hydrogen) atoms. The molecule has 0 spiro atoms. The Hall–Kier alpha value is -2.80. The number of thioether (sulfide) groups is 1. The Balaban J connectivity index is 1.71. The number of hydrogen-bond donors (Lipinski definition) is 1. The molecule has 0 saturated heterocycles. The number of nitrogens with zero attached hydrogens (tertiary/aromatic N) is 2. The van der Waals surface area contributed by atoms with Crippen molar-refractivity contribution in [2.75, 3.05) is 19.9 Å². The first-order valence-corrected chi connectivity index (χ1v) is 9.63. The van der Waals surface area contributed by atoms with Gasteiger partial charge in [-0.1, -0.05) is 23.9 Å². The minimum Gasteiger partial charge on any atom is -0.497 e. The number of aromatic nitrogens is 2. The molecule has 0 fully saturated rings. The van der Waals surface area contributed by atoms with Gasteiger partial charge in [0.2, 0.25) is 0 Å². The molecule has 3 aromatic rings. The molecule has 5 nitrogen and oxygen atoms in total. The molecule has 1 N–H and O–H groups in total. The average molecular weight is 385 g/mol. The van der Waals surface area contributed by atoms with E-state index in [9.17, 15) is 9.18 Å². The minimum atomic E-state index is -0.324. The topological polar surface area (TPSA) is 56.1 Å². The fourth-order valence-corrected chi connectivity index (χ4v) is 3.23. The number of imidazole rings is 1. The normalized spacial score (nSPS) is 10.6. The molecule has 0 aliphatic carbocycles. The lowest BCUT2D eigenvalue weighted by atomic mass is 10.1. The van der Waals surface area contributed by atoms with E-state index >= 15 is 0 Å². The molecule has 0 bridgehead atoms. The first kappa shape index (κ1) is 19.0. The molecule has 2 aromatic carbocycles. The van der Waals surface area contributed by atoms with Crippen LogP contribution in [0.5, 0.6) is 5.75 Å². The van der Waals surface area contributed by atoms with E-state index in [0.29, 0.717) is 29.5 Å². The van der Waals surface area contributed by atoms with Crippen molar-refractivity contribution >= 4 is 17.7 Å². The molecule has 1 heterocycles. The predicted octanol–water partition coefficient (Wildman–Crippen LogP) is 3.71. The van der Waals surface area contributed by atoms with Gasteiger partial charge in [0, 0.05) is 12.2 Å². The van der Waals surface area contributed by atoms with Crippen molar-refractivity contribution in [1.82, 2.24) is 14.9 Å². The minimum absolute atomic E-state index is 0.222. The van der Waals surface area contributed by atoms with E-state index in [1.165, 1.54) is 30.1 Å². The highest BCUT2D eigenvalue weighted by Gasteiger charge is 2.17. The van der Waals surface area contributed by atoms with Crippen LogP contribution in [0.15, 0.2) is 59.9 Å². The number of halogens is 1. The van der Waals surface area contributed by atoms with E-state index < -0.39 is 0 Å². The summed E-state index contributed by atoms with van der Waals surface area (Å²) in [6, 6.07) is 13.7. The van der Waals surface area contributed by atoms with E-state index in [-0.39, 0.29) is 11.7 Å². The molecule has 1 aromatic heterocycles. The van der Waals surface area contributed by atoms with Gasteiger partial charge < -0.3 is 10.1 Å². The van der Waals surface area contributed by atoms with Crippen LogP contribution in [0.1, 0.15) is 16.1 Å². The van der Waals surface area contributed by atoms with Crippen molar-refractivity contribution in [2.45, 2.75) is 11.6 Å². The smallest absolute Gasteiger partial charge is 0.269 e. The SMILES string of the molecule is COc1ccc(CCNC(=O)c2cnc(SC)n2-c2ccc(F)cc2)cc1. The molecule has 0 aliphatic rings. The number of ether oxygens (including phenoxy) is 1. The summed E-state index contributed by atoms with van der Waals surface area (Å²) < 4.78 is 20.1. The van der Waals surface area contributed by atoms with Crippen LogP contribution in [0.3, 0.4) is 0 Å². The molecule has 0 unspecified atom stereocenters. The molecule has 0 atom stereocenters. The number of carbonyl (C=O) groups is 1. The maximum atomic E-state index is 13.2. The lowest BCUT2D eigenvalue weighted by Gasteiger charge is -2.11. The molecular weight excluding hydrogens is 365 g/mol. The van der Waals surface area contributed by atoms with E-state index in [2.05, 4.69) is 10.3 Å². The summed E-state index contributed by atoms with van der Waals surface area (Å²) in [6.07, 6.45) is 4.13. The second-order valence-corrected chi connectivity index (χ2v) is 6.57. The van der Waals surface area contributed by atoms with Crippen molar-refractivity contribution in [3.63, 3.8) is 0 Å². The van der Waals surface area contributed by atoms with Crippen LogP contribution in [-0.2, 0) is 6.42 Å². The van der Waals surface area contributed by atoms with Gasteiger partial charge in [-0.05, 0) is 54.6 Å². The Kier molecular flexibility index (Phi) is 6.13. The number of methoxy groups -OCH3 is 1. The van der Waals surface area contributed by atoms with Gasteiger partial charge in [-0.3, -0.25) is 9.36 Å². The van der Waals surface area contributed by atoms with Gasteiger partial charge in [0.1, 0.15) is 17.3 Å². The lowest BCUT2D eigenvalue weighted by molar-refractivity contribution is 0.0946. The van der Waals surface area contributed by atoms with E-state index in [1.807, 2.05) is 30.5 Å². The lowest BCUT2D eigenvalue weighted by Crippen LogP contribution is -2.27. The van der Waals surface area contributed by atoms with E-state index in [0.717, 1.165) is 11.3 Å². The highest BCUT2D eigenvalue weighted by Crippen LogP contribution is 2.22. The van der Waals surface area contributed by atoms with Crippen LogP contribution < -0.4 is 10.1 Å². The Bertz CT molecular complexity index is 908. The van der Waals surface area contributed by atoms with Crippen molar-refractivity contribution < 1.29 is 13.9 Å². The summed E-state index contributed by atoms with van der Waals surface area (Å²) in [5.74, 6) is 0.256. The maximum absolute atomic E-state index is 13.2. The fourth-order valence-electron chi connectivity index (χ4n) is 2.68. The average Bonchev–Trinajstić information content (AvgIpc) is 3.13. The van der Waals surface area contributed by atoms with Crippen LogP contribution in [0.4, 0.5) is 4.39 Å². The van der Waals surface area contributed by atoms with Gasteiger partial charge in [-0.25, -0.2) is 9.37 Å². The molecule has 140 valence electrons. The number of carbonyl (C=O) groups excluding carboxylic acids is 1. The first-order chi connectivity index (χ1) is 13.1. The Morgan fingerprint density at radius 1 is 1.19 bits per heavy atom. The third-order valence-electron chi connectivity index (χ3n) is 4.09. The Morgan fingerprint density at radius 3 is 2.52 bits per heavy atom. The highest BCUT2D eigenvalue weighted by molar-refractivity contribution is 7.98. The standard InChI is InChI=1S/C20H20FN3O2S/c1-26-17-9-3-14(4-10-17)11-12-22-19(25)18-13-23-20(27-2)24(18)16-7-5-15(21)6-8-16/h3-10,13H,11-12H2,1-2H3,(H,22,25). The van der Waals surface area contributed by atoms with Gasteiger partial charge in [0.25, 0.3) is 5.91 Å². The van der Waals surface area contributed by atoms with Crippen LogP contribution in [-0.4, -0.2) is 35.4 Å². The Labute approximate surface area is 161 Å². The number of nitrogens with one attached hydrogen (secondary N) is 1. The molecule has 1 amide bonds. The van der Waals surface area contributed by atoms with Gasteiger partial charge >= 0.3 is 0 Å². The summed E-state index contributed by atoms with van der Waals surface area (Å²) in [7, 11) is 1.63. The predicted molar refractivity (Wildman–Crippen MR) is 104 cm³/mol. The van der Waals surface area contributed by atoms with Crippen molar-refractivity contribution in [3.8, 4) is 11.4 Å². The van der Waals surface area contributed by atoms with E-state index in [4.69, 9.17) is 4.74 Å². The van der Waals surface area contributed by atoms with Crippen molar-refractivity contribution in [2.24, 2.45) is 0 Å². The zero-order valence-corrected chi connectivity index (χ0v) is 15.9. The van der Waals surface area contributed by atoms with Gasteiger partial charge in [-0.15, -0.1) is 0 Å². The summed E-state index contributed by atoms with van der Waals surface area (Å²) in [4.78, 5) is 16.9. The van der Waals surface area contributed by atoms with Crippen LogP contribution in [0, 0.1) is 5.82 Å².